The molecule has 3 rings (SSSR count). The minimum Gasteiger partial charge on any atom is -0.481 e. The number of nitrogens with zero attached hydrogens (tertiary/aromatic N) is 4. The number of carbonyl (C=O) groups is 2. The summed E-state index contributed by atoms with van der Waals surface area (Å²) in [5.74, 6) is -0.842. The Kier molecular flexibility index (Phi) is 4.97. The van der Waals surface area contributed by atoms with E-state index in [-0.39, 0.29) is 23.9 Å². The number of nitro groups is 1. The van der Waals surface area contributed by atoms with Gasteiger partial charge < -0.3 is 10.0 Å². The second-order valence-corrected chi connectivity index (χ2v) is 6.28. The monoisotopic (exact) mass is 358 g/mol. The second-order valence-electron chi connectivity index (χ2n) is 6.28. The van der Waals surface area contributed by atoms with Gasteiger partial charge in [-0.15, -0.1) is 0 Å². The quantitative estimate of drug-likeness (QED) is 0.646. The smallest absolute Gasteiger partial charge is 0.303 e. The van der Waals surface area contributed by atoms with Gasteiger partial charge >= 0.3 is 5.97 Å². The van der Waals surface area contributed by atoms with Crippen LogP contribution in [0.2, 0.25) is 0 Å². The zero-order valence-electron chi connectivity index (χ0n) is 13.9. The Morgan fingerprint density at radius 3 is 2.46 bits per heavy atom. The predicted octanol–water partition coefficient (Wildman–Crippen LogP) is 2.11. The van der Waals surface area contributed by atoms with Crippen molar-refractivity contribution in [1.29, 1.82) is 0 Å². The fourth-order valence-corrected chi connectivity index (χ4v) is 3.07. The molecule has 2 heterocycles. The van der Waals surface area contributed by atoms with Crippen LogP contribution in [0.3, 0.4) is 0 Å². The molecule has 0 radical (unpaired) electrons. The number of piperidine rings is 1. The zero-order chi connectivity index (χ0) is 18.7. The molecule has 1 amide bonds. The second kappa shape index (κ2) is 7.34. The van der Waals surface area contributed by atoms with Crippen LogP contribution in [-0.2, 0) is 4.79 Å². The third-order valence-corrected chi connectivity index (χ3v) is 4.52. The summed E-state index contributed by atoms with van der Waals surface area (Å²) in [7, 11) is 0. The van der Waals surface area contributed by atoms with E-state index in [0.717, 1.165) is 0 Å². The molecule has 1 aliphatic heterocycles. The first-order valence-electron chi connectivity index (χ1n) is 8.24. The van der Waals surface area contributed by atoms with E-state index in [2.05, 4.69) is 5.10 Å². The molecule has 0 atom stereocenters. The van der Waals surface area contributed by atoms with Crippen molar-refractivity contribution in [2.24, 2.45) is 5.92 Å². The fraction of sp³-hybridized carbons (Fsp3) is 0.353. The van der Waals surface area contributed by atoms with Crippen LogP contribution < -0.4 is 0 Å². The molecule has 136 valence electrons. The number of hydrogen-bond acceptors (Lipinski definition) is 5. The number of likely N-dealkylation sites (tertiary alicyclic amines) is 1. The average molecular weight is 358 g/mol. The molecule has 0 spiro atoms. The number of amides is 1. The van der Waals surface area contributed by atoms with E-state index in [1.54, 1.807) is 23.2 Å². The molecular formula is C17H18N4O5. The van der Waals surface area contributed by atoms with E-state index in [1.807, 2.05) is 0 Å². The van der Waals surface area contributed by atoms with Crippen molar-refractivity contribution in [2.75, 3.05) is 13.1 Å². The summed E-state index contributed by atoms with van der Waals surface area (Å²) in [6.07, 6.45) is 4.54. The number of benzene rings is 1. The van der Waals surface area contributed by atoms with Crippen LogP contribution in [0.1, 0.15) is 29.6 Å². The highest BCUT2D eigenvalue weighted by Crippen LogP contribution is 2.22. The van der Waals surface area contributed by atoms with E-state index in [1.165, 1.54) is 23.0 Å². The van der Waals surface area contributed by atoms with Gasteiger partial charge in [0.05, 0.1) is 22.4 Å². The van der Waals surface area contributed by atoms with Crippen LogP contribution in [0.25, 0.3) is 5.69 Å². The van der Waals surface area contributed by atoms with Crippen molar-refractivity contribution in [3.8, 4) is 5.69 Å². The Morgan fingerprint density at radius 2 is 1.88 bits per heavy atom. The lowest BCUT2D eigenvalue weighted by atomic mass is 9.93. The van der Waals surface area contributed by atoms with E-state index in [4.69, 9.17) is 5.11 Å². The SMILES string of the molecule is O=C(O)CC1CCN(C(=O)c2cnn(-c3ccc([N+](=O)[O-])cc3)c2)CC1. The lowest BCUT2D eigenvalue weighted by Crippen LogP contribution is -2.38. The Morgan fingerprint density at radius 1 is 1.23 bits per heavy atom. The molecule has 1 aliphatic rings. The van der Waals surface area contributed by atoms with Crippen LogP contribution in [0, 0.1) is 16.0 Å². The molecule has 1 saturated heterocycles. The zero-order valence-corrected chi connectivity index (χ0v) is 13.9. The number of aliphatic carboxylic acids is 1. The van der Waals surface area contributed by atoms with Gasteiger partial charge in [-0.3, -0.25) is 19.7 Å². The molecule has 1 aromatic heterocycles. The highest BCUT2D eigenvalue weighted by Gasteiger charge is 2.25. The van der Waals surface area contributed by atoms with Gasteiger partial charge in [-0.1, -0.05) is 0 Å². The van der Waals surface area contributed by atoms with Gasteiger partial charge in [0, 0.05) is 37.8 Å². The van der Waals surface area contributed by atoms with Gasteiger partial charge in [-0.05, 0) is 30.9 Å². The number of carboxylic acid groups (broad SMARTS) is 1. The molecule has 9 heteroatoms. The maximum absolute atomic E-state index is 12.6. The lowest BCUT2D eigenvalue weighted by molar-refractivity contribution is -0.384. The molecule has 2 aromatic rings. The summed E-state index contributed by atoms with van der Waals surface area (Å²) in [6, 6.07) is 5.89. The average Bonchev–Trinajstić information content (AvgIpc) is 3.11. The first kappa shape index (κ1) is 17.6. The summed E-state index contributed by atoms with van der Waals surface area (Å²) in [5, 5.41) is 23.7. The van der Waals surface area contributed by atoms with Crippen molar-refractivity contribution in [3.05, 3.63) is 52.3 Å². The number of rotatable bonds is 5. The van der Waals surface area contributed by atoms with Crippen LogP contribution in [0.5, 0.6) is 0 Å². The highest BCUT2D eigenvalue weighted by molar-refractivity contribution is 5.93. The first-order chi connectivity index (χ1) is 12.4. The van der Waals surface area contributed by atoms with Gasteiger partial charge in [0.1, 0.15) is 0 Å². The third kappa shape index (κ3) is 3.88. The maximum Gasteiger partial charge on any atom is 0.303 e. The number of nitro benzene ring substituents is 1. The lowest BCUT2D eigenvalue weighted by Gasteiger charge is -2.31. The Bertz CT molecular complexity index is 822. The van der Waals surface area contributed by atoms with Crippen LogP contribution in [-0.4, -0.2) is 49.7 Å². The highest BCUT2D eigenvalue weighted by atomic mass is 16.6. The molecule has 0 unspecified atom stereocenters. The number of carbonyl (C=O) groups excluding carboxylic acids is 1. The number of aromatic nitrogens is 2. The molecule has 1 aromatic carbocycles. The van der Waals surface area contributed by atoms with Crippen molar-refractivity contribution in [1.82, 2.24) is 14.7 Å². The van der Waals surface area contributed by atoms with Crippen molar-refractivity contribution in [2.45, 2.75) is 19.3 Å². The van der Waals surface area contributed by atoms with Crippen LogP contribution in [0.4, 0.5) is 5.69 Å². The number of carboxylic acids is 1. The van der Waals surface area contributed by atoms with Gasteiger partial charge in [0.2, 0.25) is 0 Å². The van der Waals surface area contributed by atoms with Gasteiger partial charge in [0.15, 0.2) is 0 Å². The number of hydrogen-bond donors (Lipinski definition) is 1. The summed E-state index contributed by atoms with van der Waals surface area (Å²) < 4.78 is 1.49. The van der Waals surface area contributed by atoms with Gasteiger partial charge in [-0.2, -0.15) is 5.10 Å². The van der Waals surface area contributed by atoms with E-state index < -0.39 is 10.9 Å². The molecule has 9 nitrogen and oxygen atoms in total. The summed E-state index contributed by atoms with van der Waals surface area (Å²) in [6.45, 7) is 1.05. The van der Waals surface area contributed by atoms with Gasteiger partial charge in [-0.25, -0.2) is 4.68 Å². The molecule has 0 saturated carbocycles. The van der Waals surface area contributed by atoms with Gasteiger partial charge in [0.25, 0.3) is 11.6 Å². The van der Waals surface area contributed by atoms with Crippen LogP contribution in [0.15, 0.2) is 36.7 Å². The summed E-state index contributed by atoms with van der Waals surface area (Å²) >= 11 is 0. The molecule has 1 N–H and O–H groups in total. The predicted molar refractivity (Wildman–Crippen MR) is 91.1 cm³/mol. The Hall–Kier alpha value is -3.23. The molecule has 26 heavy (non-hydrogen) atoms. The topological polar surface area (TPSA) is 119 Å². The van der Waals surface area contributed by atoms with Crippen LogP contribution >= 0.6 is 0 Å². The number of non-ortho nitro benzene ring substituents is 1. The van der Waals surface area contributed by atoms with Crippen molar-refractivity contribution >= 4 is 17.6 Å². The van der Waals surface area contributed by atoms with Crippen molar-refractivity contribution in [3.63, 3.8) is 0 Å². The van der Waals surface area contributed by atoms with Crippen molar-refractivity contribution < 1.29 is 19.6 Å². The standard InChI is InChI=1S/C17H18N4O5/c22-16(23)9-12-5-7-19(8-6-12)17(24)13-10-18-20(11-13)14-1-3-15(4-2-14)21(25)26/h1-4,10-12H,5-9H2,(H,22,23). The maximum atomic E-state index is 12.6. The fourth-order valence-electron chi connectivity index (χ4n) is 3.07. The Labute approximate surface area is 149 Å². The molecule has 1 fully saturated rings. The summed E-state index contributed by atoms with van der Waals surface area (Å²) in [5.41, 5.74) is 1.04. The minimum atomic E-state index is -0.806. The van der Waals surface area contributed by atoms with E-state index in [0.29, 0.717) is 37.2 Å². The first-order valence-corrected chi connectivity index (χ1v) is 8.24. The molecule has 0 bridgehead atoms. The molecular weight excluding hydrogens is 340 g/mol. The minimum absolute atomic E-state index is 0.0126. The molecule has 0 aliphatic carbocycles. The largest absolute Gasteiger partial charge is 0.481 e. The third-order valence-electron chi connectivity index (χ3n) is 4.52. The van der Waals surface area contributed by atoms with E-state index in [9.17, 15) is 19.7 Å². The summed E-state index contributed by atoms with van der Waals surface area (Å²) in [4.78, 5) is 35.3. The Balaban J connectivity index is 1.65. The van der Waals surface area contributed by atoms with E-state index >= 15 is 0 Å². The normalized spacial score (nSPS) is 15.0.